The Morgan fingerprint density at radius 2 is 0.794 bits per heavy atom. The Bertz CT molecular complexity index is 678. The average Bonchev–Trinajstić information content (AvgIpc) is 2.66. The quantitative estimate of drug-likeness (QED) is 0.231. The summed E-state index contributed by atoms with van der Waals surface area (Å²) in [6.45, 7) is 2.65. The lowest BCUT2D eigenvalue weighted by Crippen LogP contribution is -2.74. The molecule has 0 aliphatic heterocycles. The minimum absolute atomic E-state index is 0.0934. The molecule has 0 radical (unpaired) electrons. The van der Waals surface area contributed by atoms with Gasteiger partial charge in [0.05, 0.1) is 0 Å². The Kier molecular flexibility index (Phi) is 9.00. The molecule has 0 fully saturated rings. The first-order valence-electron chi connectivity index (χ1n) is 9.10. The van der Waals surface area contributed by atoms with Crippen molar-refractivity contribution in [2.75, 3.05) is 19.6 Å². The molecular weight excluding hydrogens is 529 g/mol. The molecule has 1 atom stereocenters. The summed E-state index contributed by atoms with van der Waals surface area (Å²) in [7, 11) is 0. The molecule has 0 rings (SSSR count). The molecule has 0 N–H and O–H groups in total. The van der Waals surface area contributed by atoms with Crippen molar-refractivity contribution in [3.8, 4) is 0 Å². The average molecular weight is 547 g/mol. The lowest BCUT2D eigenvalue weighted by molar-refractivity contribution is -0.463. The highest BCUT2D eigenvalue weighted by Gasteiger charge is 2.95. The second-order valence-corrected chi connectivity index (χ2v) is 7.28. The third-order valence-electron chi connectivity index (χ3n) is 5.14. The summed E-state index contributed by atoms with van der Waals surface area (Å²) in [5.74, 6) is -58.9. The fourth-order valence-corrected chi connectivity index (χ4v) is 2.58. The Balaban J connectivity index is 6.49. The summed E-state index contributed by atoms with van der Waals surface area (Å²) in [6, 6.07) is 0. The maximum atomic E-state index is 14.0. The number of halogens is 17. The fourth-order valence-electron chi connectivity index (χ4n) is 2.58. The highest BCUT2D eigenvalue weighted by Crippen LogP contribution is 2.64. The largest absolute Gasteiger partial charge is 0.460 e. The van der Waals surface area contributed by atoms with E-state index in [1.54, 1.807) is 0 Å². The molecule has 0 aliphatic rings. The van der Waals surface area contributed by atoms with E-state index < -0.39 is 66.5 Å². The van der Waals surface area contributed by atoms with E-state index in [1.807, 2.05) is 0 Å². The van der Waals surface area contributed by atoms with Crippen LogP contribution in [0.3, 0.4) is 0 Å². The van der Waals surface area contributed by atoms with Crippen LogP contribution in [0.4, 0.5) is 74.6 Å². The van der Waals surface area contributed by atoms with E-state index in [0.717, 1.165) is 0 Å². The zero-order chi connectivity index (χ0) is 28.0. The molecule has 1 unspecified atom stereocenters. The van der Waals surface area contributed by atoms with Gasteiger partial charge in [-0.2, -0.15) is 74.6 Å². The number of hydrogen-bond donors (Lipinski definition) is 0. The maximum Gasteiger partial charge on any atom is 0.460 e. The van der Waals surface area contributed by atoms with Gasteiger partial charge in [-0.1, -0.05) is 20.8 Å². The molecule has 0 aromatic carbocycles. The molecule has 0 aromatic heterocycles. The second kappa shape index (κ2) is 9.33. The van der Waals surface area contributed by atoms with Crippen LogP contribution in [0.1, 0.15) is 27.2 Å². The summed E-state index contributed by atoms with van der Waals surface area (Å²) in [5, 5.41) is 0. The predicted octanol–water partition coefficient (Wildman–Crippen LogP) is 7.36. The van der Waals surface area contributed by atoms with Gasteiger partial charge in [-0.05, 0) is 26.1 Å². The minimum Gasteiger partial charge on any atom is -0.304 e. The molecule has 0 amide bonds. The number of alkyl halides is 17. The van der Waals surface area contributed by atoms with Gasteiger partial charge >= 0.3 is 47.6 Å². The monoisotopic (exact) mass is 547 g/mol. The van der Waals surface area contributed by atoms with Crippen LogP contribution in [-0.2, 0) is 0 Å². The van der Waals surface area contributed by atoms with E-state index in [9.17, 15) is 74.6 Å². The standard InChI is InChI=1S/C16H18F17N/c1-4-34(5-2)7-6-8(3)9(17,18)10(19,20)11(21,22)12(23,24)13(25,26)14(27,28)15(29,30)16(31,32)33/h8H,4-7H2,1-3H3. The van der Waals surface area contributed by atoms with Crippen molar-refractivity contribution in [1.82, 2.24) is 4.90 Å². The third kappa shape index (κ3) is 4.63. The van der Waals surface area contributed by atoms with Crippen molar-refractivity contribution in [2.45, 2.75) is 74.8 Å². The molecule has 206 valence electrons. The summed E-state index contributed by atoms with van der Waals surface area (Å²) in [5.41, 5.74) is 0. The van der Waals surface area contributed by atoms with Gasteiger partial charge in [0.25, 0.3) is 0 Å². The van der Waals surface area contributed by atoms with E-state index >= 15 is 0 Å². The number of hydrogen-bond acceptors (Lipinski definition) is 1. The fraction of sp³-hybridized carbons (Fsp3) is 1.00. The smallest absolute Gasteiger partial charge is 0.304 e. The molecule has 0 aromatic rings. The van der Waals surface area contributed by atoms with Crippen LogP contribution in [-0.4, -0.2) is 72.2 Å². The number of nitrogens with zero attached hydrogens (tertiary/aromatic N) is 1. The summed E-state index contributed by atoms with van der Waals surface area (Å²) in [6.07, 6.45) is -8.90. The van der Waals surface area contributed by atoms with Gasteiger partial charge in [0.1, 0.15) is 0 Å². The molecule has 0 spiro atoms. The van der Waals surface area contributed by atoms with Gasteiger partial charge in [0.15, 0.2) is 0 Å². The summed E-state index contributed by atoms with van der Waals surface area (Å²) >= 11 is 0. The topological polar surface area (TPSA) is 3.24 Å². The first kappa shape index (κ1) is 32.8. The maximum absolute atomic E-state index is 14.0. The van der Waals surface area contributed by atoms with Crippen LogP contribution < -0.4 is 0 Å². The molecular formula is C16H18F17N. The summed E-state index contributed by atoms with van der Waals surface area (Å²) in [4.78, 5) is 1.26. The Labute approximate surface area is 181 Å². The van der Waals surface area contributed by atoms with E-state index in [-0.39, 0.29) is 20.0 Å². The van der Waals surface area contributed by atoms with E-state index in [4.69, 9.17) is 0 Å². The molecule has 0 saturated heterocycles. The van der Waals surface area contributed by atoms with Gasteiger partial charge in [0, 0.05) is 5.92 Å². The second-order valence-electron chi connectivity index (χ2n) is 7.28. The molecule has 18 heteroatoms. The van der Waals surface area contributed by atoms with Crippen LogP contribution in [0.25, 0.3) is 0 Å². The molecule has 34 heavy (non-hydrogen) atoms. The Morgan fingerprint density at radius 1 is 0.500 bits per heavy atom. The first-order chi connectivity index (χ1) is 14.7. The van der Waals surface area contributed by atoms with Crippen LogP contribution >= 0.6 is 0 Å². The van der Waals surface area contributed by atoms with Gasteiger partial charge < -0.3 is 4.90 Å². The van der Waals surface area contributed by atoms with Crippen molar-refractivity contribution in [3.63, 3.8) is 0 Å². The Morgan fingerprint density at radius 3 is 1.09 bits per heavy atom. The number of rotatable bonds is 12. The zero-order valence-electron chi connectivity index (χ0n) is 17.3. The molecule has 0 bridgehead atoms. The van der Waals surface area contributed by atoms with Crippen molar-refractivity contribution in [1.29, 1.82) is 0 Å². The van der Waals surface area contributed by atoms with Crippen molar-refractivity contribution < 1.29 is 74.6 Å². The van der Waals surface area contributed by atoms with Gasteiger partial charge in [-0.25, -0.2) is 0 Å². The van der Waals surface area contributed by atoms with Gasteiger partial charge in [0.2, 0.25) is 0 Å². The molecule has 1 nitrogen and oxygen atoms in total. The van der Waals surface area contributed by atoms with Crippen molar-refractivity contribution in [2.24, 2.45) is 5.92 Å². The van der Waals surface area contributed by atoms with E-state index in [1.165, 1.54) is 18.7 Å². The van der Waals surface area contributed by atoms with Crippen molar-refractivity contribution in [3.05, 3.63) is 0 Å². The lowest BCUT2D eigenvalue weighted by atomic mass is 9.84. The van der Waals surface area contributed by atoms with E-state index in [2.05, 4.69) is 0 Å². The highest BCUT2D eigenvalue weighted by molar-refractivity contribution is 5.15. The predicted molar refractivity (Wildman–Crippen MR) is 82.3 cm³/mol. The lowest BCUT2D eigenvalue weighted by Gasteiger charge is -2.43. The van der Waals surface area contributed by atoms with Crippen LogP contribution in [0, 0.1) is 5.92 Å². The van der Waals surface area contributed by atoms with Crippen LogP contribution in [0.2, 0.25) is 0 Å². The first-order valence-corrected chi connectivity index (χ1v) is 9.10. The molecule has 0 heterocycles. The normalized spacial score (nSPS) is 16.9. The SMILES string of the molecule is CCN(CC)CCC(C)C(F)(F)C(F)(F)C(F)(F)C(F)(F)C(F)(F)C(F)(F)C(F)(F)C(F)(F)F. The van der Waals surface area contributed by atoms with Crippen LogP contribution in [0.5, 0.6) is 0 Å². The highest BCUT2D eigenvalue weighted by atomic mass is 19.4. The Hall–Kier alpha value is -1.23. The zero-order valence-corrected chi connectivity index (χ0v) is 17.3. The van der Waals surface area contributed by atoms with Gasteiger partial charge in [-0.15, -0.1) is 0 Å². The molecule has 0 saturated carbocycles. The molecule has 0 aliphatic carbocycles. The van der Waals surface area contributed by atoms with E-state index in [0.29, 0.717) is 0 Å². The third-order valence-corrected chi connectivity index (χ3v) is 5.14. The summed E-state index contributed by atoms with van der Waals surface area (Å²) < 4.78 is 225. The van der Waals surface area contributed by atoms with Crippen molar-refractivity contribution >= 4 is 0 Å². The minimum atomic E-state index is -8.59. The van der Waals surface area contributed by atoms with Gasteiger partial charge in [-0.3, -0.25) is 0 Å². The van der Waals surface area contributed by atoms with Crippen LogP contribution in [0.15, 0.2) is 0 Å².